The number of nitrogens with zero attached hydrogens (tertiary/aromatic N) is 3. The van der Waals surface area contributed by atoms with Crippen molar-refractivity contribution in [3.05, 3.63) is 74.9 Å². The van der Waals surface area contributed by atoms with Gasteiger partial charge < -0.3 is 5.32 Å². The lowest BCUT2D eigenvalue weighted by atomic mass is 10.1. The monoisotopic (exact) mass is 366 g/mol. The van der Waals surface area contributed by atoms with E-state index in [2.05, 4.69) is 10.3 Å². The molecule has 0 fully saturated rings. The normalized spacial score (nSPS) is 12.1. The Labute approximate surface area is 156 Å². The smallest absolute Gasteiger partial charge is 0.317 e. The fourth-order valence-corrected chi connectivity index (χ4v) is 3.04. The van der Waals surface area contributed by atoms with Crippen molar-refractivity contribution in [2.24, 2.45) is 7.05 Å². The number of aromatic nitrogens is 3. The molecule has 0 bridgehead atoms. The lowest BCUT2D eigenvalue weighted by Gasteiger charge is -2.16. The molecule has 0 saturated carbocycles. The Morgan fingerprint density at radius 1 is 1.11 bits per heavy atom. The van der Waals surface area contributed by atoms with E-state index in [1.807, 2.05) is 37.3 Å². The number of fused-ring (bicyclic) bond motifs is 1. The number of rotatable bonds is 6. The van der Waals surface area contributed by atoms with Gasteiger partial charge in [-0.2, -0.15) is 0 Å². The minimum atomic E-state index is -0.731. The molecule has 0 aliphatic heterocycles. The summed E-state index contributed by atoms with van der Waals surface area (Å²) in [5.41, 5.74) is 0.596. The molecule has 0 saturated heterocycles. The molecule has 3 aromatic rings. The summed E-state index contributed by atoms with van der Waals surface area (Å²) in [6.45, 7) is 1.71. The van der Waals surface area contributed by atoms with E-state index in [0.717, 1.165) is 12.8 Å². The third kappa shape index (κ3) is 4.13. The molecule has 0 aliphatic carbocycles. The second-order valence-electron chi connectivity index (χ2n) is 6.59. The molecule has 3 rings (SSSR count). The largest absolute Gasteiger partial charge is 0.352 e. The number of benzene rings is 1. The van der Waals surface area contributed by atoms with Crippen molar-refractivity contribution in [3.63, 3.8) is 0 Å². The predicted molar refractivity (Wildman–Crippen MR) is 104 cm³/mol. The van der Waals surface area contributed by atoms with Gasteiger partial charge >= 0.3 is 11.1 Å². The number of carbonyl (C=O) groups is 1. The van der Waals surface area contributed by atoms with Crippen LogP contribution in [0.15, 0.2) is 58.3 Å². The average Bonchev–Trinajstić information content (AvgIpc) is 2.69. The Morgan fingerprint density at radius 2 is 1.85 bits per heavy atom. The summed E-state index contributed by atoms with van der Waals surface area (Å²) in [6, 6.07) is 13.3. The van der Waals surface area contributed by atoms with Gasteiger partial charge in [0.2, 0.25) is 5.91 Å². The Bertz CT molecular complexity index is 1070. The van der Waals surface area contributed by atoms with E-state index >= 15 is 0 Å². The van der Waals surface area contributed by atoms with Gasteiger partial charge in [-0.05, 0) is 37.5 Å². The van der Waals surface area contributed by atoms with Gasteiger partial charge in [-0.3, -0.25) is 23.5 Å². The maximum atomic E-state index is 12.4. The summed E-state index contributed by atoms with van der Waals surface area (Å²) < 4.78 is 2.39. The van der Waals surface area contributed by atoms with Crippen molar-refractivity contribution in [2.75, 3.05) is 0 Å². The summed E-state index contributed by atoms with van der Waals surface area (Å²) in [7, 11) is 1.50. The maximum Gasteiger partial charge on any atom is 0.317 e. The summed E-state index contributed by atoms with van der Waals surface area (Å²) in [5, 5.41) is 2.90. The molecule has 7 heteroatoms. The van der Waals surface area contributed by atoms with Gasteiger partial charge in [-0.15, -0.1) is 0 Å². The Hall–Kier alpha value is -3.22. The fraction of sp³-hybridized carbons (Fsp3) is 0.300. The second kappa shape index (κ2) is 7.99. The molecule has 1 amide bonds. The number of carbonyl (C=O) groups excluding carboxylic acids is 1. The molecule has 1 aromatic carbocycles. The van der Waals surface area contributed by atoms with E-state index in [4.69, 9.17) is 0 Å². The molecule has 140 valence electrons. The van der Waals surface area contributed by atoms with Crippen LogP contribution < -0.4 is 16.4 Å². The molecule has 0 radical (unpaired) electrons. The Kier molecular flexibility index (Phi) is 5.49. The number of amides is 1. The number of hydrogen-bond acceptors (Lipinski definition) is 4. The minimum absolute atomic E-state index is 0.0515. The third-order valence-electron chi connectivity index (χ3n) is 4.53. The van der Waals surface area contributed by atoms with Crippen molar-refractivity contribution < 1.29 is 4.79 Å². The molecular formula is C20H22N4O3. The highest BCUT2D eigenvalue weighted by molar-refractivity contribution is 5.79. The zero-order valence-electron chi connectivity index (χ0n) is 15.4. The second-order valence-corrected chi connectivity index (χ2v) is 6.59. The quantitative estimate of drug-likeness (QED) is 0.665. The van der Waals surface area contributed by atoms with Crippen LogP contribution in [0, 0.1) is 0 Å². The zero-order chi connectivity index (χ0) is 19.4. The van der Waals surface area contributed by atoms with Gasteiger partial charge in [0, 0.05) is 19.3 Å². The summed E-state index contributed by atoms with van der Waals surface area (Å²) in [4.78, 5) is 41.1. The van der Waals surface area contributed by atoms with Crippen LogP contribution in [0.2, 0.25) is 0 Å². The van der Waals surface area contributed by atoms with E-state index in [1.54, 1.807) is 18.3 Å². The molecule has 1 unspecified atom stereocenters. The molecule has 0 spiro atoms. The Balaban J connectivity index is 1.73. The highest BCUT2D eigenvalue weighted by Gasteiger charge is 2.15. The average molecular weight is 366 g/mol. The van der Waals surface area contributed by atoms with Crippen molar-refractivity contribution in [3.8, 4) is 0 Å². The van der Waals surface area contributed by atoms with Crippen LogP contribution >= 0.6 is 0 Å². The molecule has 7 nitrogen and oxygen atoms in total. The summed E-state index contributed by atoms with van der Waals surface area (Å²) in [5.74, 6) is -0.309. The SMILES string of the molecule is CC(CCc1ccccc1)NC(=O)Cn1c(=O)c(=O)n(C)c2ncccc21. The van der Waals surface area contributed by atoms with Crippen LogP contribution in [0.3, 0.4) is 0 Å². The van der Waals surface area contributed by atoms with E-state index in [1.165, 1.54) is 21.7 Å². The molecule has 1 N–H and O–H groups in total. The van der Waals surface area contributed by atoms with Crippen molar-refractivity contribution in [1.82, 2.24) is 19.4 Å². The van der Waals surface area contributed by atoms with Gasteiger partial charge in [0.25, 0.3) is 0 Å². The topological polar surface area (TPSA) is 86.0 Å². The van der Waals surface area contributed by atoms with Crippen LogP contribution in [0.4, 0.5) is 0 Å². The molecule has 2 aromatic heterocycles. The molecule has 2 heterocycles. The van der Waals surface area contributed by atoms with Crippen molar-refractivity contribution in [1.29, 1.82) is 0 Å². The van der Waals surface area contributed by atoms with Gasteiger partial charge in [0.05, 0.1) is 5.52 Å². The first-order chi connectivity index (χ1) is 13.0. The summed E-state index contributed by atoms with van der Waals surface area (Å²) in [6.07, 6.45) is 3.17. The first kappa shape index (κ1) is 18.6. The van der Waals surface area contributed by atoms with Crippen LogP contribution in [0.5, 0.6) is 0 Å². The van der Waals surface area contributed by atoms with Gasteiger partial charge in [-0.1, -0.05) is 30.3 Å². The molecule has 1 atom stereocenters. The predicted octanol–water partition coefficient (Wildman–Crippen LogP) is 1.23. The van der Waals surface area contributed by atoms with Crippen molar-refractivity contribution in [2.45, 2.75) is 32.4 Å². The Morgan fingerprint density at radius 3 is 2.59 bits per heavy atom. The first-order valence-corrected chi connectivity index (χ1v) is 8.85. The highest BCUT2D eigenvalue weighted by atomic mass is 16.2. The van der Waals surface area contributed by atoms with Crippen LogP contribution in [-0.2, 0) is 24.8 Å². The van der Waals surface area contributed by atoms with Gasteiger partial charge in [-0.25, -0.2) is 4.98 Å². The van der Waals surface area contributed by atoms with Crippen molar-refractivity contribution >= 4 is 17.1 Å². The zero-order valence-corrected chi connectivity index (χ0v) is 15.4. The molecular weight excluding hydrogens is 344 g/mol. The van der Waals surface area contributed by atoms with E-state index in [-0.39, 0.29) is 18.5 Å². The number of pyridine rings is 1. The van der Waals surface area contributed by atoms with E-state index in [0.29, 0.717) is 11.2 Å². The van der Waals surface area contributed by atoms with E-state index in [9.17, 15) is 14.4 Å². The number of hydrogen-bond donors (Lipinski definition) is 1. The van der Waals surface area contributed by atoms with Crippen LogP contribution in [0.25, 0.3) is 11.2 Å². The molecule has 27 heavy (non-hydrogen) atoms. The van der Waals surface area contributed by atoms with Crippen LogP contribution in [-0.4, -0.2) is 26.1 Å². The van der Waals surface area contributed by atoms with Gasteiger partial charge in [0.15, 0.2) is 5.65 Å². The minimum Gasteiger partial charge on any atom is -0.352 e. The number of nitrogens with one attached hydrogen (secondary N) is 1. The lowest BCUT2D eigenvalue weighted by Crippen LogP contribution is -2.44. The fourth-order valence-electron chi connectivity index (χ4n) is 3.04. The third-order valence-corrected chi connectivity index (χ3v) is 4.53. The number of aryl methyl sites for hydroxylation is 2. The standard InChI is InChI=1S/C20H22N4O3/c1-14(10-11-15-7-4-3-5-8-15)22-17(25)13-24-16-9-6-12-21-18(16)23(2)19(26)20(24)27/h3-9,12,14H,10-11,13H2,1-2H3,(H,22,25). The van der Waals surface area contributed by atoms with Crippen LogP contribution in [0.1, 0.15) is 18.9 Å². The van der Waals surface area contributed by atoms with E-state index < -0.39 is 11.1 Å². The maximum absolute atomic E-state index is 12.4. The summed E-state index contributed by atoms with van der Waals surface area (Å²) >= 11 is 0. The first-order valence-electron chi connectivity index (χ1n) is 8.85. The molecule has 0 aliphatic rings. The lowest BCUT2D eigenvalue weighted by molar-refractivity contribution is -0.122. The van der Waals surface area contributed by atoms with Gasteiger partial charge in [0.1, 0.15) is 6.54 Å². The highest BCUT2D eigenvalue weighted by Crippen LogP contribution is 2.07.